The van der Waals surface area contributed by atoms with E-state index in [1.54, 1.807) is 19.1 Å². The molecule has 2 N–H and O–H groups in total. The number of aryl methyl sites for hydroxylation is 2. The predicted molar refractivity (Wildman–Crippen MR) is 127 cm³/mol. The second-order valence-electron chi connectivity index (χ2n) is 8.11. The molecule has 4 rings (SSSR count). The molecule has 0 radical (unpaired) electrons. The minimum absolute atomic E-state index is 0.131. The normalized spacial score (nSPS) is 11.9. The van der Waals surface area contributed by atoms with E-state index in [0.717, 1.165) is 16.9 Å². The van der Waals surface area contributed by atoms with E-state index in [-0.39, 0.29) is 22.9 Å². The number of hydrogen-bond donors (Lipinski definition) is 2. The molecular weight excluding hydrogens is 419 g/mol. The number of fused-ring (bicyclic) bond motifs is 1. The first kappa shape index (κ1) is 22.2. The number of amides is 2. The number of imidazole rings is 1. The first-order valence-corrected chi connectivity index (χ1v) is 10.6. The number of carbonyl (C=O) groups excluding carboxylic acids is 2. The summed E-state index contributed by atoms with van der Waals surface area (Å²) in [5.74, 6) is -0.561. The van der Waals surface area contributed by atoms with Gasteiger partial charge in [-0.25, -0.2) is 9.37 Å². The third kappa shape index (κ3) is 4.48. The molecule has 4 aromatic rings. The van der Waals surface area contributed by atoms with Crippen LogP contribution in [0.4, 0.5) is 10.1 Å². The van der Waals surface area contributed by atoms with Crippen LogP contribution in [0.1, 0.15) is 50.6 Å². The maximum Gasteiger partial charge on any atom is 0.255 e. The highest BCUT2D eigenvalue weighted by molar-refractivity contribution is 6.07. The zero-order valence-corrected chi connectivity index (χ0v) is 18.9. The van der Waals surface area contributed by atoms with E-state index in [0.29, 0.717) is 11.1 Å². The molecule has 1 aromatic heterocycles. The Bertz CT molecular complexity index is 1360. The summed E-state index contributed by atoms with van der Waals surface area (Å²) in [5, 5.41) is 5.61. The highest BCUT2D eigenvalue weighted by Gasteiger charge is 2.18. The molecule has 0 fully saturated rings. The summed E-state index contributed by atoms with van der Waals surface area (Å²) in [6, 6.07) is 17.1. The molecule has 0 saturated carbocycles. The summed E-state index contributed by atoms with van der Waals surface area (Å²) in [6.45, 7) is 5.31. The molecule has 0 bridgehead atoms. The first-order chi connectivity index (χ1) is 15.7. The fraction of sp³-hybridized carbons (Fsp3) is 0.192. The van der Waals surface area contributed by atoms with Gasteiger partial charge in [0.25, 0.3) is 11.8 Å². The number of aromatic nitrogens is 2. The molecule has 3 aromatic carbocycles. The first-order valence-electron chi connectivity index (χ1n) is 10.6. The molecule has 6 nitrogen and oxygen atoms in total. The number of nitrogens with zero attached hydrogens (tertiary/aromatic N) is 2. The van der Waals surface area contributed by atoms with E-state index >= 15 is 0 Å². The zero-order chi connectivity index (χ0) is 23.7. The summed E-state index contributed by atoms with van der Waals surface area (Å²) in [4.78, 5) is 30.1. The smallest absolute Gasteiger partial charge is 0.255 e. The minimum atomic E-state index is -0.568. The van der Waals surface area contributed by atoms with Crippen molar-refractivity contribution < 1.29 is 14.0 Å². The van der Waals surface area contributed by atoms with Crippen LogP contribution in [0, 0.1) is 19.7 Å². The van der Waals surface area contributed by atoms with Gasteiger partial charge < -0.3 is 15.2 Å². The molecular formula is C26H25FN4O2. The largest absolute Gasteiger partial charge is 0.346 e. The van der Waals surface area contributed by atoms with Crippen LogP contribution in [0.5, 0.6) is 0 Å². The van der Waals surface area contributed by atoms with Crippen molar-refractivity contribution in [3.63, 3.8) is 0 Å². The van der Waals surface area contributed by atoms with Gasteiger partial charge in [-0.3, -0.25) is 9.59 Å². The Kier molecular flexibility index (Phi) is 5.96. The average molecular weight is 445 g/mol. The molecule has 168 valence electrons. The van der Waals surface area contributed by atoms with E-state index < -0.39 is 17.6 Å². The Morgan fingerprint density at radius 2 is 1.70 bits per heavy atom. The second kappa shape index (κ2) is 8.86. The lowest BCUT2D eigenvalue weighted by molar-refractivity contribution is 0.0938. The highest BCUT2D eigenvalue weighted by atomic mass is 19.1. The number of rotatable bonds is 5. The maximum absolute atomic E-state index is 14.6. The lowest BCUT2D eigenvalue weighted by atomic mass is 10.1. The Morgan fingerprint density at radius 3 is 2.42 bits per heavy atom. The Hall–Kier alpha value is -4.00. The van der Waals surface area contributed by atoms with Gasteiger partial charge in [0.1, 0.15) is 11.6 Å². The van der Waals surface area contributed by atoms with Gasteiger partial charge in [0.05, 0.1) is 17.1 Å². The van der Waals surface area contributed by atoms with Crippen molar-refractivity contribution in [2.75, 3.05) is 5.32 Å². The van der Waals surface area contributed by atoms with Gasteiger partial charge in [-0.2, -0.15) is 0 Å². The van der Waals surface area contributed by atoms with Crippen LogP contribution >= 0.6 is 0 Å². The molecule has 2 amide bonds. The van der Waals surface area contributed by atoms with Crippen molar-refractivity contribution in [1.29, 1.82) is 0 Å². The van der Waals surface area contributed by atoms with E-state index in [1.165, 1.54) is 12.1 Å². The summed E-state index contributed by atoms with van der Waals surface area (Å²) in [7, 11) is 1.91. The quantitative estimate of drug-likeness (QED) is 0.451. The number of anilines is 1. The van der Waals surface area contributed by atoms with Crippen LogP contribution in [0.3, 0.4) is 0 Å². The van der Waals surface area contributed by atoms with Crippen molar-refractivity contribution in [2.24, 2.45) is 7.05 Å². The van der Waals surface area contributed by atoms with E-state index in [4.69, 9.17) is 0 Å². The predicted octanol–water partition coefficient (Wildman–Crippen LogP) is 5.07. The third-order valence-corrected chi connectivity index (χ3v) is 5.87. The molecule has 1 heterocycles. The average Bonchev–Trinajstić information content (AvgIpc) is 3.09. The van der Waals surface area contributed by atoms with Gasteiger partial charge >= 0.3 is 0 Å². The SMILES string of the molecule is Cc1c(F)cc(C(=O)NC(C)c2ccccc2)cc1NC(=O)c1ccc2c(c1)nc(C)n2C. The van der Waals surface area contributed by atoms with Crippen LogP contribution < -0.4 is 10.6 Å². The molecule has 0 spiro atoms. The Morgan fingerprint density at radius 1 is 0.970 bits per heavy atom. The highest BCUT2D eigenvalue weighted by Crippen LogP contribution is 2.23. The standard InChI is InChI=1S/C26H25FN4O2/c1-15-21(27)12-20(26(33)28-16(2)18-8-6-5-7-9-18)14-22(15)30-25(32)19-10-11-24-23(13-19)29-17(3)31(24)4/h5-14,16H,1-4H3,(H,28,33)(H,30,32). The molecule has 0 aliphatic carbocycles. The summed E-state index contributed by atoms with van der Waals surface area (Å²) >= 11 is 0. The summed E-state index contributed by atoms with van der Waals surface area (Å²) in [5.41, 5.74) is 3.58. The molecule has 0 aliphatic heterocycles. The lowest BCUT2D eigenvalue weighted by Crippen LogP contribution is -2.27. The van der Waals surface area contributed by atoms with Crippen LogP contribution in [0.2, 0.25) is 0 Å². The van der Waals surface area contributed by atoms with Gasteiger partial charge in [0.15, 0.2) is 0 Å². The number of hydrogen-bond acceptors (Lipinski definition) is 3. The molecule has 1 atom stereocenters. The van der Waals surface area contributed by atoms with Gasteiger partial charge in [-0.1, -0.05) is 30.3 Å². The fourth-order valence-electron chi connectivity index (χ4n) is 3.70. The summed E-state index contributed by atoms with van der Waals surface area (Å²) in [6.07, 6.45) is 0. The van der Waals surface area contributed by atoms with Crippen LogP contribution in [-0.2, 0) is 7.05 Å². The molecule has 33 heavy (non-hydrogen) atoms. The number of nitrogens with one attached hydrogen (secondary N) is 2. The van der Waals surface area contributed by atoms with Crippen LogP contribution in [0.25, 0.3) is 11.0 Å². The van der Waals surface area contributed by atoms with Gasteiger partial charge in [-0.15, -0.1) is 0 Å². The minimum Gasteiger partial charge on any atom is -0.346 e. The van der Waals surface area contributed by atoms with Crippen molar-refractivity contribution >= 4 is 28.5 Å². The molecule has 0 aliphatic rings. The number of carbonyl (C=O) groups is 2. The third-order valence-electron chi connectivity index (χ3n) is 5.87. The topological polar surface area (TPSA) is 76.0 Å². The van der Waals surface area contributed by atoms with Crippen molar-refractivity contribution in [3.8, 4) is 0 Å². The van der Waals surface area contributed by atoms with Crippen molar-refractivity contribution in [1.82, 2.24) is 14.9 Å². The Labute approximate surface area is 191 Å². The van der Waals surface area contributed by atoms with Crippen LogP contribution in [0.15, 0.2) is 60.7 Å². The Balaban J connectivity index is 1.57. The van der Waals surface area contributed by atoms with E-state index in [2.05, 4.69) is 15.6 Å². The van der Waals surface area contributed by atoms with E-state index in [9.17, 15) is 14.0 Å². The number of halogens is 1. The second-order valence-corrected chi connectivity index (χ2v) is 8.11. The maximum atomic E-state index is 14.6. The van der Waals surface area contributed by atoms with Gasteiger partial charge in [-0.05, 0) is 56.7 Å². The van der Waals surface area contributed by atoms with Gasteiger partial charge in [0, 0.05) is 29.4 Å². The monoisotopic (exact) mass is 444 g/mol. The van der Waals surface area contributed by atoms with Crippen LogP contribution in [-0.4, -0.2) is 21.4 Å². The number of benzene rings is 3. The van der Waals surface area contributed by atoms with Gasteiger partial charge in [0.2, 0.25) is 0 Å². The van der Waals surface area contributed by atoms with Crippen molar-refractivity contribution in [2.45, 2.75) is 26.8 Å². The molecule has 7 heteroatoms. The van der Waals surface area contributed by atoms with Crippen molar-refractivity contribution in [3.05, 3.63) is 94.6 Å². The zero-order valence-electron chi connectivity index (χ0n) is 18.9. The molecule has 0 saturated heterocycles. The van der Waals surface area contributed by atoms with E-state index in [1.807, 2.05) is 61.9 Å². The molecule has 1 unspecified atom stereocenters. The fourth-order valence-corrected chi connectivity index (χ4v) is 3.70. The summed E-state index contributed by atoms with van der Waals surface area (Å²) < 4.78 is 16.6. The lowest BCUT2D eigenvalue weighted by Gasteiger charge is -2.16.